The van der Waals surface area contributed by atoms with Crippen LogP contribution in [0, 0.1) is 5.41 Å². The number of fused-ring (bicyclic) bond motifs is 8. The zero-order chi connectivity index (χ0) is 39.1. The molecule has 0 radical (unpaired) electrons. The molecule has 11 heteroatoms. The van der Waals surface area contributed by atoms with Crippen molar-refractivity contribution in [3.8, 4) is 17.1 Å². The second kappa shape index (κ2) is 15.4. The predicted molar refractivity (Wildman–Crippen MR) is 208 cm³/mol. The number of para-hydroxylation sites is 2. The first-order valence-corrected chi connectivity index (χ1v) is 19.5. The Balaban J connectivity index is 1.22. The fourth-order valence-electron chi connectivity index (χ4n) is 9.07. The number of anilines is 1. The second-order valence-electron chi connectivity index (χ2n) is 15.9. The Hall–Kier alpha value is -4.09. The monoisotopic (exact) mass is 776 g/mol. The Morgan fingerprint density at radius 3 is 2.49 bits per heavy atom. The van der Waals surface area contributed by atoms with E-state index >= 15 is 0 Å². The molecule has 8 rings (SSSR count). The number of carbonyl (C=O) groups excluding carboxylic acids is 1. The molecule has 1 saturated carbocycles. The highest BCUT2D eigenvalue weighted by Gasteiger charge is 2.57. The Morgan fingerprint density at radius 2 is 1.75 bits per heavy atom. The number of hydrogen-bond donors (Lipinski definition) is 3. The van der Waals surface area contributed by atoms with Crippen LogP contribution in [0.3, 0.4) is 0 Å². The molecule has 3 N–H and O–H groups in total. The zero-order valence-electron chi connectivity index (χ0n) is 31.2. The first-order chi connectivity index (χ1) is 26.1. The van der Waals surface area contributed by atoms with Crippen molar-refractivity contribution in [1.29, 1.82) is 0 Å². The quantitative estimate of drug-likeness (QED) is 0.133. The summed E-state index contributed by atoms with van der Waals surface area (Å²) in [4.78, 5) is 19.0. The molecule has 0 spiro atoms. The highest BCUT2D eigenvalue weighted by Crippen LogP contribution is 2.59. The summed E-state index contributed by atoms with van der Waals surface area (Å²) < 4.78 is 46.7. The molecular formula is C44H48ClF3N2O5. The van der Waals surface area contributed by atoms with E-state index in [0.717, 1.165) is 47.9 Å². The van der Waals surface area contributed by atoms with E-state index in [-0.39, 0.29) is 33.8 Å². The molecule has 2 bridgehead atoms. The van der Waals surface area contributed by atoms with E-state index in [2.05, 4.69) is 29.7 Å². The highest BCUT2D eigenvalue weighted by atomic mass is 35.5. The lowest BCUT2D eigenvalue weighted by molar-refractivity contribution is -0.137. The summed E-state index contributed by atoms with van der Waals surface area (Å²) in [5.41, 5.74) is 1.37. The van der Waals surface area contributed by atoms with Gasteiger partial charge < -0.3 is 24.6 Å². The molecule has 7 nitrogen and oxygen atoms in total. The maximum absolute atomic E-state index is 14.5. The van der Waals surface area contributed by atoms with Gasteiger partial charge in [-0.1, -0.05) is 54.4 Å². The molecule has 1 saturated heterocycles. The van der Waals surface area contributed by atoms with Gasteiger partial charge >= 0.3 is 6.18 Å². The van der Waals surface area contributed by atoms with Crippen LogP contribution in [0.25, 0.3) is 11.3 Å². The number of carbonyl (C=O) groups is 1. The minimum Gasteiger partial charge on any atom is -0.506 e. The largest absolute Gasteiger partial charge is 0.506 e. The summed E-state index contributed by atoms with van der Waals surface area (Å²) >= 11 is 6.33. The third kappa shape index (κ3) is 7.97. The van der Waals surface area contributed by atoms with Crippen LogP contribution in [-0.4, -0.2) is 70.4 Å². The van der Waals surface area contributed by atoms with Gasteiger partial charge in [-0.2, -0.15) is 13.2 Å². The lowest BCUT2D eigenvalue weighted by Crippen LogP contribution is -2.56. The van der Waals surface area contributed by atoms with Crippen LogP contribution in [0.4, 0.5) is 18.9 Å². The normalized spacial score (nSPS) is 25.4. The number of aromatic hydroxyl groups is 1. The summed E-state index contributed by atoms with van der Waals surface area (Å²) in [6, 6.07) is 19.0. The van der Waals surface area contributed by atoms with Gasteiger partial charge in [0.2, 0.25) is 5.78 Å². The van der Waals surface area contributed by atoms with Crippen LogP contribution in [-0.2, 0) is 12.6 Å². The van der Waals surface area contributed by atoms with Gasteiger partial charge in [-0.05, 0) is 117 Å². The molecule has 2 fully saturated rings. The number of aliphatic hydroxyl groups is 2. The number of phenols is 1. The molecule has 4 aliphatic rings. The summed E-state index contributed by atoms with van der Waals surface area (Å²) in [5.74, 6) is -0.387. The molecule has 292 valence electrons. The minimum absolute atomic E-state index is 0.0280. The molecule has 4 aromatic rings. The van der Waals surface area contributed by atoms with E-state index in [0.29, 0.717) is 70.4 Å². The number of hydrogen-bond acceptors (Lipinski definition) is 7. The molecule has 3 aliphatic carbocycles. The topological polar surface area (TPSA) is 97.4 Å². The Labute approximate surface area is 325 Å². The van der Waals surface area contributed by atoms with Crippen molar-refractivity contribution in [3.63, 3.8) is 0 Å². The maximum Gasteiger partial charge on any atom is 0.416 e. The number of halogens is 4. The van der Waals surface area contributed by atoms with Gasteiger partial charge in [0.25, 0.3) is 0 Å². The van der Waals surface area contributed by atoms with Gasteiger partial charge in [0.15, 0.2) is 5.76 Å². The number of benzene rings is 3. The van der Waals surface area contributed by atoms with Crippen LogP contribution in [0.5, 0.6) is 5.75 Å². The van der Waals surface area contributed by atoms with E-state index in [1.54, 1.807) is 6.07 Å². The number of alkyl halides is 3. The number of piperazine rings is 1. The third-order valence-electron chi connectivity index (χ3n) is 12.4. The zero-order valence-corrected chi connectivity index (χ0v) is 32.0. The standard InChI is InChI=1S/C44H48ClF3N2O5/c1-28-6-5-18-42(2)35(17-19-43(42,54)27-49-20-22-50(23-21-49)37-7-3-4-8-38(37)52)32-13-10-29(24-31(51)12-9-28)25-33(32)41(53)40-16-15-39(55-40)34-26-30(44(46,47)48)11-14-36(34)45/h3-4,6-8,10-11,13-16,25-26,31,35,51-52,54H,5,9,12,17-24,27H2,1-2H3/t31-,35-,42-,43+/m0/s1. The van der Waals surface area contributed by atoms with Crippen molar-refractivity contribution in [3.05, 3.63) is 117 Å². The van der Waals surface area contributed by atoms with E-state index < -0.39 is 34.6 Å². The van der Waals surface area contributed by atoms with Gasteiger partial charge in [0.1, 0.15) is 11.5 Å². The Kier molecular flexibility index (Phi) is 11.0. The third-order valence-corrected chi connectivity index (χ3v) is 12.7. The average molecular weight is 777 g/mol. The highest BCUT2D eigenvalue weighted by molar-refractivity contribution is 6.33. The first-order valence-electron chi connectivity index (χ1n) is 19.1. The molecule has 1 aliphatic heterocycles. The van der Waals surface area contributed by atoms with Crippen molar-refractivity contribution < 1.29 is 37.7 Å². The fourth-order valence-corrected chi connectivity index (χ4v) is 9.28. The lowest BCUT2D eigenvalue weighted by Gasteiger charge is -2.47. The van der Waals surface area contributed by atoms with Gasteiger partial charge in [-0.25, -0.2) is 0 Å². The summed E-state index contributed by atoms with van der Waals surface area (Å²) in [6.07, 6.45) is 1.19. The van der Waals surface area contributed by atoms with Crippen molar-refractivity contribution in [2.24, 2.45) is 5.41 Å². The summed E-state index contributed by atoms with van der Waals surface area (Å²) in [6.45, 7) is 7.53. The van der Waals surface area contributed by atoms with Crippen molar-refractivity contribution in [1.82, 2.24) is 4.90 Å². The minimum atomic E-state index is -4.59. The number of furan rings is 1. The SMILES string of the molecule is CC1=CCC[C@@]2(C)[C@@H](CC[C@@]2(O)CN2CCN(c3ccccc3O)CC2)c2ccc(cc2C(=O)c2ccc(-c3cc(C(F)(F)F)ccc3Cl)o2)C[C@@H](O)CC1. The van der Waals surface area contributed by atoms with Gasteiger partial charge in [0.05, 0.1) is 28.0 Å². The molecule has 2 heterocycles. The number of aliphatic hydroxyl groups excluding tert-OH is 1. The van der Waals surface area contributed by atoms with Crippen LogP contribution < -0.4 is 4.90 Å². The van der Waals surface area contributed by atoms with Crippen LogP contribution in [0.1, 0.15) is 91.1 Å². The average Bonchev–Trinajstić information content (AvgIpc) is 3.73. The van der Waals surface area contributed by atoms with Gasteiger partial charge in [0, 0.05) is 49.3 Å². The molecule has 55 heavy (non-hydrogen) atoms. The predicted octanol–water partition coefficient (Wildman–Crippen LogP) is 9.42. The van der Waals surface area contributed by atoms with Crippen molar-refractivity contribution in [2.45, 2.75) is 82.6 Å². The van der Waals surface area contributed by atoms with Gasteiger partial charge in [-0.15, -0.1) is 0 Å². The molecule has 1 aromatic heterocycles. The number of phenolic OH excluding ortho intramolecular Hbond substituents is 1. The molecule has 0 unspecified atom stereocenters. The van der Waals surface area contributed by atoms with Crippen molar-refractivity contribution in [2.75, 3.05) is 37.6 Å². The van der Waals surface area contributed by atoms with E-state index in [9.17, 15) is 33.3 Å². The van der Waals surface area contributed by atoms with Gasteiger partial charge in [-0.3, -0.25) is 9.69 Å². The maximum atomic E-state index is 14.5. The summed E-state index contributed by atoms with van der Waals surface area (Å²) in [7, 11) is 0. The van der Waals surface area contributed by atoms with E-state index in [4.69, 9.17) is 16.0 Å². The van der Waals surface area contributed by atoms with Crippen LogP contribution in [0.2, 0.25) is 5.02 Å². The Morgan fingerprint density at radius 1 is 0.982 bits per heavy atom. The number of β-amino-alcohol motifs (C(OH)–C–C–N with tert-alkyl or cyclic N) is 1. The number of ketones is 1. The first kappa shape index (κ1) is 39.2. The number of allylic oxidation sites excluding steroid dienone is 2. The van der Waals surface area contributed by atoms with Crippen molar-refractivity contribution >= 4 is 23.1 Å². The molecule has 0 amide bonds. The van der Waals surface area contributed by atoms with Crippen LogP contribution >= 0.6 is 11.6 Å². The number of nitrogens with zero attached hydrogens (tertiary/aromatic N) is 2. The lowest BCUT2D eigenvalue weighted by atomic mass is 9.64. The molecule has 4 atom stereocenters. The van der Waals surface area contributed by atoms with Crippen LogP contribution in [0.15, 0.2) is 88.9 Å². The Bertz CT molecular complexity index is 2070. The van der Waals surface area contributed by atoms with E-state index in [1.807, 2.05) is 36.4 Å². The molecule has 3 aromatic carbocycles. The second-order valence-corrected chi connectivity index (χ2v) is 16.3. The summed E-state index contributed by atoms with van der Waals surface area (Å²) in [5, 5.41) is 34.3. The fraction of sp³-hybridized carbons (Fsp3) is 0.432. The number of rotatable bonds is 6. The smallest absolute Gasteiger partial charge is 0.416 e. The van der Waals surface area contributed by atoms with E-state index in [1.165, 1.54) is 17.7 Å². The molecular weight excluding hydrogens is 729 g/mol.